The Labute approximate surface area is 109 Å². The predicted octanol–water partition coefficient (Wildman–Crippen LogP) is 3.45. The molecular weight excluding hydrogens is 242 g/mol. The average Bonchev–Trinajstić information content (AvgIpc) is 3.03. The van der Waals surface area contributed by atoms with Crippen LogP contribution in [-0.2, 0) is 11.2 Å². The first-order valence-corrected chi connectivity index (χ1v) is 6.11. The summed E-state index contributed by atoms with van der Waals surface area (Å²) in [6.45, 7) is 0. The highest BCUT2D eigenvalue weighted by molar-refractivity contribution is 5.90. The maximum absolute atomic E-state index is 10.8. The molecule has 19 heavy (non-hydrogen) atoms. The zero-order valence-electron chi connectivity index (χ0n) is 10.2. The van der Waals surface area contributed by atoms with E-state index in [4.69, 9.17) is 9.52 Å². The molecule has 0 amide bonds. The van der Waals surface area contributed by atoms with Gasteiger partial charge in [0.1, 0.15) is 5.76 Å². The number of hydrogen-bond acceptors (Lipinski definition) is 2. The monoisotopic (exact) mass is 255 g/mol. The Balaban J connectivity index is 2.14. The van der Waals surface area contributed by atoms with E-state index in [1.54, 1.807) is 6.26 Å². The van der Waals surface area contributed by atoms with Gasteiger partial charge in [-0.2, -0.15) is 0 Å². The third-order valence-electron chi connectivity index (χ3n) is 3.17. The van der Waals surface area contributed by atoms with Crippen LogP contribution in [0.15, 0.2) is 47.1 Å². The Morgan fingerprint density at radius 2 is 2.05 bits per heavy atom. The van der Waals surface area contributed by atoms with E-state index in [0.29, 0.717) is 6.42 Å². The van der Waals surface area contributed by atoms with Crippen molar-refractivity contribution in [3.63, 3.8) is 0 Å². The van der Waals surface area contributed by atoms with Crippen LogP contribution in [0.5, 0.6) is 0 Å². The minimum absolute atomic E-state index is 0.107. The molecule has 4 heteroatoms. The van der Waals surface area contributed by atoms with Gasteiger partial charge in [0.15, 0.2) is 0 Å². The Bertz CT molecular complexity index is 710. The maximum Gasteiger partial charge on any atom is 0.303 e. The number of aromatic nitrogens is 1. The number of furan rings is 1. The SMILES string of the molecule is O=C(O)CCc1c(-c2ccco2)[nH]c2ccccc12. The summed E-state index contributed by atoms with van der Waals surface area (Å²) in [4.78, 5) is 14.1. The van der Waals surface area contributed by atoms with Crippen molar-refractivity contribution in [3.05, 3.63) is 48.2 Å². The smallest absolute Gasteiger partial charge is 0.303 e. The van der Waals surface area contributed by atoms with Crippen molar-refractivity contribution in [1.82, 2.24) is 4.98 Å². The van der Waals surface area contributed by atoms with Crippen LogP contribution in [-0.4, -0.2) is 16.1 Å². The molecule has 3 aromatic rings. The van der Waals surface area contributed by atoms with E-state index in [2.05, 4.69) is 4.98 Å². The number of rotatable bonds is 4. The molecule has 1 aromatic carbocycles. The number of carbonyl (C=O) groups is 1. The number of nitrogens with one attached hydrogen (secondary N) is 1. The van der Waals surface area contributed by atoms with Crippen LogP contribution in [0, 0.1) is 0 Å². The molecule has 0 saturated carbocycles. The molecular formula is C15H13NO3. The Morgan fingerprint density at radius 3 is 2.79 bits per heavy atom. The van der Waals surface area contributed by atoms with E-state index in [1.807, 2.05) is 36.4 Å². The van der Waals surface area contributed by atoms with Crippen molar-refractivity contribution in [3.8, 4) is 11.5 Å². The lowest BCUT2D eigenvalue weighted by molar-refractivity contribution is -0.136. The third kappa shape index (κ3) is 2.12. The standard InChI is InChI=1S/C15H13NO3/c17-14(18)8-7-11-10-4-1-2-5-12(10)16-15(11)13-6-3-9-19-13/h1-6,9,16H,7-8H2,(H,17,18). The van der Waals surface area contributed by atoms with Crippen molar-refractivity contribution in [2.75, 3.05) is 0 Å². The third-order valence-corrected chi connectivity index (χ3v) is 3.17. The number of carboxylic acids is 1. The predicted molar refractivity (Wildman–Crippen MR) is 72.0 cm³/mol. The lowest BCUT2D eigenvalue weighted by Gasteiger charge is -2.00. The van der Waals surface area contributed by atoms with Gasteiger partial charge in [0, 0.05) is 17.3 Å². The largest absolute Gasteiger partial charge is 0.481 e. The first-order chi connectivity index (χ1) is 9.25. The van der Waals surface area contributed by atoms with Gasteiger partial charge in [-0.1, -0.05) is 18.2 Å². The Hall–Kier alpha value is -2.49. The molecule has 3 rings (SSSR count). The van der Waals surface area contributed by atoms with E-state index in [9.17, 15) is 4.79 Å². The molecule has 0 spiro atoms. The molecule has 0 unspecified atom stereocenters. The topological polar surface area (TPSA) is 66.2 Å². The van der Waals surface area contributed by atoms with Crippen molar-refractivity contribution < 1.29 is 14.3 Å². The highest BCUT2D eigenvalue weighted by Gasteiger charge is 2.15. The minimum atomic E-state index is -0.796. The number of aryl methyl sites for hydroxylation is 1. The molecule has 0 bridgehead atoms. The molecule has 0 atom stereocenters. The number of hydrogen-bond donors (Lipinski definition) is 2. The number of aromatic amines is 1. The van der Waals surface area contributed by atoms with Crippen LogP contribution in [0.3, 0.4) is 0 Å². The van der Waals surface area contributed by atoms with Crippen molar-refractivity contribution >= 4 is 16.9 Å². The van der Waals surface area contributed by atoms with E-state index < -0.39 is 5.97 Å². The summed E-state index contributed by atoms with van der Waals surface area (Å²) in [5.74, 6) is -0.0627. The van der Waals surface area contributed by atoms with Gasteiger partial charge >= 0.3 is 5.97 Å². The summed E-state index contributed by atoms with van der Waals surface area (Å²) >= 11 is 0. The second-order valence-electron chi connectivity index (χ2n) is 4.40. The Morgan fingerprint density at radius 1 is 1.21 bits per heavy atom. The highest BCUT2D eigenvalue weighted by Crippen LogP contribution is 2.31. The van der Waals surface area contributed by atoms with E-state index in [1.165, 1.54) is 0 Å². The maximum atomic E-state index is 10.8. The highest BCUT2D eigenvalue weighted by atomic mass is 16.4. The van der Waals surface area contributed by atoms with Gasteiger partial charge in [0.25, 0.3) is 0 Å². The first-order valence-electron chi connectivity index (χ1n) is 6.11. The lowest BCUT2D eigenvalue weighted by Crippen LogP contribution is -1.98. The molecule has 4 nitrogen and oxygen atoms in total. The molecule has 2 heterocycles. The second kappa shape index (κ2) is 4.65. The van der Waals surface area contributed by atoms with Crippen LogP contribution in [0.4, 0.5) is 0 Å². The molecule has 0 saturated heterocycles. The number of fused-ring (bicyclic) bond motifs is 1. The normalized spacial score (nSPS) is 10.9. The molecule has 2 N–H and O–H groups in total. The summed E-state index contributed by atoms with van der Waals surface area (Å²) in [5, 5.41) is 9.92. The van der Waals surface area contributed by atoms with Gasteiger partial charge in [-0.3, -0.25) is 4.79 Å². The van der Waals surface area contributed by atoms with Gasteiger partial charge in [0.05, 0.1) is 12.0 Å². The molecule has 0 radical (unpaired) electrons. The number of para-hydroxylation sites is 1. The van der Waals surface area contributed by atoms with Gasteiger partial charge in [-0.15, -0.1) is 0 Å². The second-order valence-corrected chi connectivity index (χ2v) is 4.40. The molecule has 0 aliphatic rings. The molecule has 96 valence electrons. The number of benzene rings is 1. The summed E-state index contributed by atoms with van der Waals surface area (Å²) in [7, 11) is 0. The van der Waals surface area contributed by atoms with Gasteiger partial charge in [0.2, 0.25) is 0 Å². The van der Waals surface area contributed by atoms with Crippen molar-refractivity contribution in [1.29, 1.82) is 0 Å². The van der Waals surface area contributed by atoms with Crippen LogP contribution in [0.1, 0.15) is 12.0 Å². The van der Waals surface area contributed by atoms with E-state index >= 15 is 0 Å². The molecule has 2 aromatic heterocycles. The summed E-state index contributed by atoms with van der Waals surface area (Å²) in [6.07, 6.45) is 2.20. The molecule has 0 fully saturated rings. The van der Waals surface area contributed by atoms with Crippen molar-refractivity contribution in [2.24, 2.45) is 0 Å². The molecule has 0 aliphatic heterocycles. The quantitative estimate of drug-likeness (QED) is 0.750. The van der Waals surface area contributed by atoms with Gasteiger partial charge < -0.3 is 14.5 Å². The van der Waals surface area contributed by atoms with E-state index in [0.717, 1.165) is 27.9 Å². The minimum Gasteiger partial charge on any atom is -0.481 e. The van der Waals surface area contributed by atoms with Crippen LogP contribution >= 0.6 is 0 Å². The van der Waals surface area contributed by atoms with Gasteiger partial charge in [-0.05, 0) is 30.2 Å². The van der Waals surface area contributed by atoms with Crippen LogP contribution in [0.25, 0.3) is 22.4 Å². The fourth-order valence-corrected chi connectivity index (χ4v) is 2.32. The molecule has 0 aliphatic carbocycles. The zero-order chi connectivity index (χ0) is 13.2. The summed E-state index contributed by atoms with van der Waals surface area (Å²) in [5.41, 5.74) is 2.86. The zero-order valence-corrected chi connectivity index (χ0v) is 10.2. The van der Waals surface area contributed by atoms with Gasteiger partial charge in [-0.25, -0.2) is 0 Å². The number of H-pyrrole nitrogens is 1. The first kappa shape index (κ1) is 11.6. The van der Waals surface area contributed by atoms with Crippen LogP contribution < -0.4 is 0 Å². The number of aliphatic carboxylic acids is 1. The fraction of sp³-hybridized carbons (Fsp3) is 0.133. The van der Waals surface area contributed by atoms with Crippen molar-refractivity contribution in [2.45, 2.75) is 12.8 Å². The summed E-state index contributed by atoms with van der Waals surface area (Å²) in [6, 6.07) is 11.6. The summed E-state index contributed by atoms with van der Waals surface area (Å²) < 4.78 is 5.42. The average molecular weight is 255 g/mol. The van der Waals surface area contributed by atoms with E-state index in [-0.39, 0.29) is 6.42 Å². The number of carboxylic acid groups (broad SMARTS) is 1. The Kier molecular flexibility index (Phi) is 2.83. The fourth-order valence-electron chi connectivity index (χ4n) is 2.32. The lowest BCUT2D eigenvalue weighted by atomic mass is 10.0. The van der Waals surface area contributed by atoms with Crippen LogP contribution in [0.2, 0.25) is 0 Å².